The molecule has 6 atom stereocenters. The topological polar surface area (TPSA) is 80.3 Å². The van der Waals surface area contributed by atoms with E-state index in [9.17, 15) is 19.2 Å². The fraction of sp³-hybridized carbons (Fsp3) is 0.651. The Balaban J connectivity index is 0.000000325. The Bertz CT molecular complexity index is 1950. The summed E-state index contributed by atoms with van der Waals surface area (Å²) in [6.07, 6.45) is 24.5. The molecule has 378 valence electrons. The van der Waals surface area contributed by atoms with Gasteiger partial charge in [-0.25, -0.2) is 0 Å². The summed E-state index contributed by atoms with van der Waals surface area (Å²) in [5.74, 6) is 1.13. The maximum Gasteiger partial charge on any atom is 0.171 e. The molecule has 0 saturated heterocycles. The highest BCUT2D eigenvalue weighted by Crippen LogP contribution is 2.45. The molecule has 2 aromatic carbocycles. The normalized spacial score (nSPS) is 23.0. The van der Waals surface area contributed by atoms with Crippen LogP contribution in [0.2, 0.25) is 0 Å². The highest BCUT2D eigenvalue weighted by molar-refractivity contribution is 6.15. The molecule has 0 aromatic heterocycles. The molecule has 1 N–H and O–H groups in total. The van der Waals surface area contributed by atoms with Crippen molar-refractivity contribution in [2.24, 2.45) is 41.4 Å². The first-order valence-corrected chi connectivity index (χ1v) is 28.1. The Morgan fingerprint density at radius 3 is 1.71 bits per heavy atom. The van der Waals surface area contributed by atoms with Crippen molar-refractivity contribution in [2.75, 3.05) is 0 Å². The van der Waals surface area contributed by atoms with Gasteiger partial charge >= 0.3 is 0 Å². The number of allylic oxidation sites excluding steroid dienone is 5. The van der Waals surface area contributed by atoms with E-state index in [-0.39, 0.29) is 46.9 Å². The third kappa shape index (κ3) is 15.6. The predicted octanol–water partition coefficient (Wildman–Crippen LogP) is 16.4. The van der Waals surface area contributed by atoms with Crippen LogP contribution in [0.15, 0.2) is 82.6 Å². The summed E-state index contributed by atoms with van der Waals surface area (Å²) in [6.45, 7) is 26.1. The monoisotopic (exact) mass is 932 g/mol. The highest BCUT2D eigenvalue weighted by atomic mass is 16.2. The van der Waals surface area contributed by atoms with Crippen LogP contribution < -0.4 is 5.32 Å². The lowest BCUT2D eigenvalue weighted by Crippen LogP contribution is -2.39. The Morgan fingerprint density at radius 1 is 0.662 bits per heavy atom. The minimum Gasteiger partial charge on any atom is -0.384 e. The van der Waals surface area contributed by atoms with Crippen LogP contribution in [-0.2, 0) is 32.0 Å². The number of hydrogen-bond donors (Lipinski definition) is 1. The lowest BCUT2D eigenvalue weighted by Gasteiger charge is -2.32. The van der Waals surface area contributed by atoms with Gasteiger partial charge in [-0.1, -0.05) is 210 Å². The van der Waals surface area contributed by atoms with Gasteiger partial charge in [-0.3, -0.25) is 19.2 Å². The average Bonchev–Trinajstić information content (AvgIpc) is 4.01. The van der Waals surface area contributed by atoms with Crippen LogP contribution in [0.3, 0.4) is 0 Å². The zero-order valence-corrected chi connectivity index (χ0v) is 45.6. The summed E-state index contributed by atoms with van der Waals surface area (Å²) < 4.78 is 0. The third-order valence-electron chi connectivity index (χ3n) is 15.5. The van der Waals surface area contributed by atoms with Gasteiger partial charge in [0.05, 0.1) is 17.8 Å². The molecule has 4 aliphatic carbocycles. The van der Waals surface area contributed by atoms with Gasteiger partial charge in [0.25, 0.3) is 0 Å². The van der Waals surface area contributed by atoms with E-state index in [1.54, 1.807) is 6.92 Å². The van der Waals surface area contributed by atoms with Gasteiger partial charge in [-0.2, -0.15) is 0 Å². The van der Waals surface area contributed by atoms with Crippen LogP contribution in [0, 0.1) is 55.3 Å². The number of carbonyl (C=O) groups excluding carboxylic acids is 4. The molecule has 5 nitrogen and oxygen atoms in total. The molecule has 5 aliphatic rings. The number of ketones is 4. The molecule has 0 radical (unpaired) electrons. The number of aryl methyl sites for hydroxylation is 2. The minimum atomic E-state index is -0.493. The molecule has 5 heteroatoms. The van der Waals surface area contributed by atoms with Gasteiger partial charge in [0.1, 0.15) is 5.78 Å². The number of nitrogens with one attached hydrogen (secondary N) is 1. The van der Waals surface area contributed by atoms with Gasteiger partial charge in [0.2, 0.25) is 0 Å². The van der Waals surface area contributed by atoms with Crippen LogP contribution in [-0.4, -0.2) is 29.2 Å². The number of benzene rings is 2. The molecular formula is C63H97NO4. The number of Topliss-reactive ketones (excluding diaryl/α,β-unsaturated/α-hetero) is 4. The van der Waals surface area contributed by atoms with Crippen molar-refractivity contribution in [3.8, 4) is 0 Å². The second-order valence-electron chi connectivity index (χ2n) is 19.9. The number of unbranched alkanes of at least 4 members (excludes halogenated alkanes) is 1. The van der Waals surface area contributed by atoms with E-state index in [4.69, 9.17) is 0 Å². The summed E-state index contributed by atoms with van der Waals surface area (Å²) in [7, 11) is 0. The van der Waals surface area contributed by atoms with E-state index in [1.807, 2.05) is 55.4 Å². The Morgan fingerprint density at radius 2 is 1.19 bits per heavy atom. The molecule has 0 amide bonds. The maximum atomic E-state index is 13.9. The zero-order chi connectivity index (χ0) is 50.3. The van der Waals surface area contributed by atoms with E-state index in [0.717, 1.165) is 86.5 Å². The van der Waals surface area contributed by atoms with Gasteiger partial charge in [-0.15, -0.1) is 0 Å². The van der Waals surface area contributed by atoms with Crippen molar-refractivity contribution < 1.29 is 19.2 Å². The largest absolute Gasteiger partial charge is 0.384 e. The molecule has 0 bridgehead atoms. The second kappa shape index (κ2) is 30.7. The molecule has 1 aliphatic heterocycles. The molecular weight excluding hydrogens is 835 g/mol. The van der Waals surface area contributed by atoms with Crippen molar-refractivity contribution >= 4 is 23.1 Å². The van der Waals surface area contributed by atoms with E-state index in [1.165, 1.54) is 91.2 Å². The molecule has 1 heterocycles. The zero-order valence-electron chi connectivity index (χ0n) is 45.6. The molecule has 2 saturated carbocycles. The number of carbonyl (C=O) groups is 4. The summed E-state index contributed by atoms with van der Waals surface area (Å²) in [5.41, 5.74) is 10.8. The Kier molecular flexibility index (Phi) is 26.4. The smallest absolute Gasteiger partial charge is 0.171 e. The Labute approximate surface area is 416 Å². The van der Waals surface area contributed by atoms with Crippen LogP contribution in [0.5, 0.6) is 0 Å². The quantitative estimate of drug-likeness (QED) is 0.126. The van der Waals surface area contributed by atoms with Crippen LogP contribution in [0.25, 0.3) is 0 Å². The van der Waals surface area contributed by atoms with Crippen molar-refractivity contribution in [3.63, 3.8) is 0 Å². The summed E-state index contributed by atoms with van der Waals surface area (Å²) >= 11 is 0. The first-order chi connectivity index (χ1) is 33.0. The van der Waals surface area contributed by atoms with Crippen LogP contribution >= 0.6 is 0 Å². The molecule has 68 heavy (non-hydrogen) atoms. The fourth-order valence-corrected chi connectivity index (χ4v) is 11.8. The second-order valence-corrected chi connectivity index (χ2v) is 19.9. The van der Waals surface area contributed by atoms with E-state index in [2.05, 4.69) is 87.6 Å². The number of rotatable bonds is 17. The molecule has 6 unspecified atom stereocenters. The van der Waals surface area contributed by atoms with Crippen molar-refractivity contribution in [1.82, 2.24) is 5.32 Å². The van der Waals surface area contributed by atoms with Crippen molar-refractivity contribution in [2.45, 2.75) is 224 Å². The van der Waals surface area contributed by atoms with Gasteiger partial charge in [0.15, 0.2) is 17.3 Å². The van der Waals surface area contributed by atoms with E-state index < -0.39 is 11.8 Å². The standard InChI is InChI=1S/C30H42O2.C27H37NO2.3C2H6/c1-5-7-12-25-17-18-26(19-23-10-8-9-11-23)28(20-24-15-13-21(3)14-16-24)29(25)30(32)27(6-2)22(4)31;1-4-20-25-24(27(30)21(5-2)26(20)29)22(15-19-13-11-17(3)12-14-19)23(28-25)16-18-9-7-6-8-10-18;3*1-2/h13-16,18,23,27-28H,5-12,17,19-20H2,1-4H3;11-14,18,20-23,28H,4-10,15-16H2,1-3H3;3*1-2H3. The van der Waals surface area contributed by atoms with Crippen LogP contribution in [0.4, 0.5) is 0 Å². The first kappa shape index (κ1) is 58.5. The van der Waals surface area contributed by atoms with Crippen molar-refractivity contribution in [3.05, 3.63) is 105 Å². The van der Waals surface area contributed by atoms with Gasteiger partial charge in [0, 0.05) is 34.7 Å². The predicted molar refractivity (Wildman–Crippen MR) is 289 cm³/mol. The lowest BCUT2D eigenvalue weighted by atomic mass is 9.71. The third-order valence-corrected chi connectivity index (χ3v) is 15.5. The Hall–Kier alpha value is -3.86. The van der Waals surface area contributed by atoms with Gasteiger partial charge in [-0.05, 0) is 108 Å². The van der Waals surface area contributed by atoms with Crippen molar-refractivity contribution in [1.29, 1.82) is 0 Å². The fourth-order valence-electron chi connectivity index (χ4n) is 11.8. The SMILES string of the molecule is CC.CC.CC.CCC1C(=O)C2=C(NC(CC3CCCCC3)C2Cc2ccc(C)cc2)C(CC)C1=O.CCCCC1=C(C(=O)C(CC)C(C)=O)C(Cc2ccc(C)cc2)C(CC2CCCC2)=CC1. The van der Waals surface area contributed by atoms with Gasteiger partial charge < -0.3 is 5.32 Å². The summed E-state index contributed by atoms with van der Waals surface area (Å²) in [5, 5.41) is 3.77. The summed E-state index contributed by atoms with van der Waals surface area (Å²) in [4.78, 5) is 52.8. The van der Waals surface area contributed by atoms with E-state index >= 15 is 0 Å². The maximum absolute atomic E-state index is 13.9. The summed E-state index contributed by atoms with van der Waals surface area (Å²) in [6, 6.07) is 17.8. The van der Waals surface area contributed by atoms with E-state index in [0.29, 0.717) is 12.8 Å². The molecule has 2 aromatic rings. The number of hydrogen-bond acceptors (Lipinski definition) is 5. The first-order valence-electron chi connectivity index (χ1n) is 28.1. The highest BCUT2D eigenvalue weighted by Gasteiger charge is 2.49. The average molecular weight is 932 g/mol. The molecule has 7 rings (SSSR count). The molecule has 0 spiro atoms. The minimum absolute atomic E-state index is 0.0147. The van der Waals surface area contributed by atoms with Crippen LogP contribution in [0.1, 0.15) is 214 Å². The molecule has 2 fully saturated rings. The lowest BCUT2D eigenvalue weighted by molar-refractivity contribution is -0.134.